The summed E-state index contributed by atoms with van der Waals surface area (Å²) >= 11 is 5.95. The van der Waals surface area contributed by atoms with Crippen LogP contribution in [0.15, 0.2) is 67.0 Å². The number of urea groups is 1. The number of nitrogens with one attached hydrogen (secondary N) is 2. The second kappa shape index (κ2) is 9.78. The number of rotatable bonds is 6. The normalized spacial score (nSPS) is 15.1. The van der Waals surface area contributed by atoms with Crippen molar-refractivity contribution in [1.82, 2.24) is 25.3 Å². The average Bonchev–Trinajstić information content (AvgIpc) is 3.25. The Bertz CT molecular complexity index is 949. The van der Waals surface area contributed by atoms with Crippen molar-refractivity contribution in [2.75, 3.05) is 13.1 Å². The lowest BCUT2D eigenvalue weighted by molar-refractivity contribution is 0.186. The number of aromatic nitrogens is 2. The minimum Gasteiger partial charge on any atom is -0.335 e. The first-order chi connectivity index (χ1) is 14.7. The molecule has 1 aliphatic rings. The van der Waals surface area contributed by atoms with Crippen molar-refractivity contribution in [3.8, 4) is 5.69 Å². The van der Waals surface area contributed by atoms with Crippen molar-refractivity contribution in [3.05, 3.63) is 83.1 Å². The third-order valence-corrected chi connectivity index (χ3v) is 5.60. The third-order valence-electron chi connectivity index (χ3n) is 5.35. The summed E-state index contributed by atoms with van der Waals surface area (Å²) in [6.07, 6.45) is 5.62. The summed E-state index contributed by atoms with van der Waals surface area (Å²) in [5.41, 5.74) is 3.23. The largest absolute Gasteiger partial charge is 0.335 e. The Hall–Kier alpha value is -2.83. The molecule has 3 aromatic rings. The van der Waals surface area contributed by atoms with Crippen LogP contribution in [0.25, 0.3) is 5.69 Å². The van der Waals surface area contributed by atoms with Crippen LogP contribution < -0.4 is 10.6 Å². The number of piperidine rings is 1. The fourth-order valence-corrected chi connectivity index (χ4v) is 3.80. The molecule has 4 rings (SSSR count). The molecule has 2 heterocycles. The van der Waals surface area contributed by atoms with E-state index < -0.39 is 0 Å². The Morgan fingerprint density at radius 2 is 1.77 bits per heavy atom. The molecule has 2 aromatic carbocycles. The summed E-state index contributed by atoms with van der Waals surface area (Å²) in [6, 6.07) is 18.0. The Morgan fingerprint density at radius 1 is 1.03 bits per heavy atom. The first-order valence-corrected chi connectivity index (χ1v) is 10.6. The predicted molar refractivity (Wildman–Crippen MR) is 119 cm³/mol. The fourth-order valence-electron chi connectivity index (χ4n) is 3.68. The van der Waals surface area contributed by atoms with Gasteiger partial charge in [-0.2, -0.15) is 5.10 Å². The zero-order valence-corrected chi connectivity index (χ0v) is 17.6. The van der Waals surface area contributed by atoms with Crippen LogP contribution in [-0.2, 0) is 13.1 Å². The molecule has 156 valence electrons. The number of hydrogen-bond acceptors (Lipinski definition) is 3. The minimum absolute atomic E-state index is 0.126. The number of carbonyl (C=O) groups is 1. The van der Waals surface area contributed by atoms with E-state index in [1.165, 1.54) is 5.56 Å². The van der Waals surface area contributed by atoms with Crippen LogP contribution in [0.3, 0.4) is 0 Å². The lowest BCUT2D eigenvalue weighted by atomic mass is 10.0. The quantitative estimate of drug-likeness (QED) is 0.630. The number of amides is 2. The highest BCUT2D eigenvalue weighted by Crippen LogP contribution is 2.16. The van der Waals surface area contributed by atoms with Crippen molar-refractivity contribution in [3.63, 3.8) is 0 Å². The molecule has 0 atom stereocenters. The molecule has 0 aliphatic carbocycles. The molecular formula is C23H26ClN5O. The van der Waals surface area contributed by atoms with Crippen LogP contribution in [0.4, 0.5) is 4.79 Å². The van der Waals surface area contributed by atoms with Gasteiger partial charge in [-0.1, -0.05) is 41.9 Å². The number of para-hydroxylation sites is 1. The van der Waals surface area contributed by atoms with E-state index in [0.717, 1.165) is 48.7 Å². The maximum Gasteiger partial charge on any atom is 0.315 e. The molecule has 0 spiro atoms. The van der Waals surface area contributed by atoms with Crippen molar-refractivity contribution in [2.24, 2.45) is 0 Å². The molecule has 1 aromatic heterocycles. The minimum atomic E-state index is -0.126. The van der Waals surface area contributed by atoms with E-state index >= 15 is 0 Å². The zero-order chi connectivity index (χ0) is 20.8. The second-order valence-electron chi connectivity index (χ2n) is 7.63. The third kappa shape index (κ3) is 5.62. The molecule has 1 saturated heterocycles. The van der Waals surface area contributed by atoms with Crippen molar-refractivity contribution < 1.29 is 4.79 Å². The van der Waals surface area contributed by atoms with Gasteiger partial charge in [-0.05, 0) is 42.7 Å². The standard InChI is InChI=1S/C23H26ClN5O/c24-20-8-6-18(7-9-20)16-28-12-10-21(11-13-28)27-23(30)25-14-19-15-26-29(17-19)22-4-2-1-3-5-22/h1-9,15,17,21H,10-14,16H2,(H2,25,27,30). The van der Waals surface area contributed by atoms with E-state index in [1.54, 1.807) is 6.20 Å². The molecule has 30 heavy (non-hydrogen) atoms. The van der Waals surface area contributed by atoms with Gasteiger partial charge in [0.25, 0.3) is 0 Å². The lowest BCUT2D eigenvalue weighted by Crippen LogP contribution is -2.47. The number of nitrogens with zero attached hydrogens (tertiary/aromatic N) is 3. The van der Waals surface area contributed by atoms with Crippen LogP contribution in [0.5, 0.6) is 0 Å². The van der Waals surface area contributed by atoms with Crippen LogP contribution in [0, 0.1) is 0 Å². The highest BCUT2D eigenvalue weighted by Gasteiger charge is 2.20. The topological polar surface area (TPSA) is 62.2 Å². The van der Waals surface area contributed by atoms with Gasteiger partial charge in [0.2, 0.25) is 0 Å². The number of benzene rings is 2. The van der Waals surface area contributed by atoms with E-state index in [0.29, 0.717) is 6.54 Å². The Labute approximate surface area is 181 Å². The van der Waals surface area contributed by atoms with Crippen LogP contribution in [-0.4, -0.2) is 39.8 Å². The van der Waals surface area contributed by atoms with Crippen LogP contribution >= 0.6 is 11.6 Å². The maximum atomic E-state index is 12.3. The summed E-state index contributed by atoms with van der Waals surface area (Å²) in [5.74, 6) is 0. The smallest absolute Gasteiger partial charge is 0.315 e. The number of carbonyl (C=O) groups excluding carboxylic acids is 1. The molecule has 1 fully saturated rings. The molecule has 1 aliphatic heterocycles. The summed E-state index contributed by atoms with van der Waals surface area (Å²) in [4.78, 5) is 14.7. The lowest BCUT2D eigenvalue weighted by Gasteiger charge is -2.32. The molecule has 2 N–H and O–H groups in total. The van der Waals surface area contributed by atoms with Gasteiger partial charge in [-0.3, -0.25) is 4.90 Å². The van der Waals surface area contributed by atoms with Crippen molar-refractivity contribution in [2.45, 2.75) is 32.0 Å². The first kappa shape index (κ1) is 20.4. The molecule has 6 nitrogen and oxygen atoms in total. The summed E-state index contributed by atoms with van der Waals surface area (Å²) in [7, 11) is 0. The zero-order valence-electron chi connectivity index (χ0n) is 16.8. The van der Waals surface area contributed by atoms with Gasteiger partial charge in [-0.15, -0.1) is 0 Å². The molecule has 2 amide bonds. The van der Waals surface area contributed by atoms with Gasteiger partial charge in [0.05, 0.1) is 11.9 Å². The predicted octanol–water partition coefficient (Wildman–Crippen LogP) is 3.99. The number of likely N-dealkylation sites (tertiary alicyclic amines) is 1. The SMILES string of the molecule is O=C(NCc1cnn(-c2ccccc2)c1)NC1CCN(Cc2ccc(Cl)cc2)CC1. The monoisotopic (exact) mass is 423 g/mol. The van der Waals surface area contributed by atoms with Gasteiger partial charge in [-0.25, -0.2) is 9.48 Å². The molecule has 0 unspecified atom stereocenters. The second-order valence-corrected chi connectivity index (χ2v) is 8.07. The first-order valence-electron chi connectivity index (χ1n) is 10.3. The highest BCUT2D eigenvalue weighted by molar-refractivity contribution is 6.30. The van der Waals surface area contributed by atoms with Crippen LogP contribution in [0.2, 0.25) is 5.02 Å². The molecule has 7 heteroatoms. The summed E-state index contributed by atoms with van der Waals surface area (Å²) in [6.45, 7) is 3.31. The Kier molecular flexibility index (Phi) is 6.67. The van der Waals surface area contributed by atoms with Crippen molar-refractivity contribution in [1.29, 1.82) is 0 Å². The molecular weight excluding hydrogens is 398 g/mol. The van der Waals surface area contributed by atoms with Gasteiger partial charge in [0.1, 0.15) is 0 Å². The van der Waals surface area contributed by atoms with E-state index in [9.17, 15) is 4.79 Å². The molecule has 0 radical (unpaired) electrons. The fraction of sp³-hybridized carbons (Fsp3) is 0.304. The molecule has 0 bridgehead atoms. The summed E-state index contributed by atoms with van der Waals surface area (Å²) < 4.78 is 1.81. The highest BCUT2D eigenvalue weighted by atomic mass is 35.5. The average molecular weight is 424 g/mol. The van der Waals surface area contributed by atoms with Gasteiger partial charge in [0.15, 0.2) is 0 Å². The maximum absolute atomic E-state index is 12.3. The summed E-state index contributed by atoms with van der Waals surface area (Å²) in [5, 5.41) is 11.2. The van der Waals surface area contributed by atoms with E-state index in [1.807, 2.05) is 53.3 Å². The van der Waals surface area contributed by atoms with E-state index in [4.69, 9.17) is 11.6 Å². The van der Waals surface area contributed by atoms with Gasteiger partial charge in [0, 0.05) is 49.0 Å². The van der Waals surface area contributed by atoms with E-state index in [2.05, 4.69) is 32.8 Å². The van der Waals surface area contributed by atoms with E-state index in [-0.39, 0.29) is 12.1 Å². The number of halogens is 1. The Morgan fingerprint density at radius 3 is 2.50 bits per heavy atom. The number of hydrogen-bond donors (Lipinski definition) is 2. The van der Waals surface area contributed by atoms with Crippen molar-refractivity contribution >= 4 is 17.6 Å². The Balaban J connectivity index is 1.18. The van der Waals surface area contributed by atoms with Gasteiger partial charge < -0.3 is 10.6 Å². The van der Waals surface area contributed by atoms with Gasteiger partial charge >= 0.3 is 6.03 Å². The molecule has 0 saturated carbocycles. The van der Waals surface area contributed by atoms with Crippen LogP contribution in [0.1, 0.15) is 24.0 Å².